The molecule has 2 N–H and O–H groups in total. The van der Waals surface area contributed by atoms with Crippen molar-refractivity contribution in [1.82, 2.24) is 10.6 Å². The topological polar surface area (TPSA) is 71.3 Å². The predicted octanol–water partition coefficient (Wildman–Crippen LogP) is 3.14. The van der Waals surface area contributed by atoms with Crippen LogP contribution in [0.1, 0.15) is 54.4 Å². The Labute approximate surface area is 147 Å². The molecule has 134 valence electrons. The minimum atomic E-state index is -0.578. The van der Waals surface area contributed by atoms with Crippen LogP contribution in [0.5, 0.6) is 0 Å². The van der Waals surface area contributed by atoms with E-state index in [1.807, 2.05) is 18.2 Å². The van der Waals surface area contributed by atoms with Crippen molar-refractivity contribution < 1.29 is 9.21 Å². The lowest BCUT2D eigenvalue weighted by atomic mass is 10.1. The minimum Gasteiger partial charge on any atom is -0.422 e. The molecule has 5 heteroatoms. The smallest absolute Gasteiger partial charge is 0.349 e. The van der Waals surface area contributed by atoms with Crippen molar-refractivity contribution in [3.8, 4) is 0 Å². The first kappa shape index (κ1) is 17.7. The quantitative estimate of drug-likeness (QED) is 0.497. The molecule has 1 amide bonds. The van der Waals surface area contributed by atoms with E-state index < -0.39 is 5.63 Å². The van der Waals surface area contributed by atoms with Crippen LogP contribution in [0.15, 0.2) is 33.5 Å². The highest BCUT2D eigenvalue weighted by atomic mass is 16.4. The highest BCUT2D eigenvalue weighted by molar-refractivity contribution is 5.99. The first-order valence-corrected chi connectivity index (χ1v) is 9.21. The van der Waals surface area contributed by atoms with Crippen LogP contribution in [0.3, 0.4) is 0 Å². The third-order valence-corrected chi connectivity index (χ3v) is 5.00. The number of hydrogen-bond acceptors (Lipinski definition) is 4. The summed E-state index contributed by atoms with van der Waals surface area (Å²) >= 11 is 0. The van der Waals surface area contributed by atoms with E-state index in [1.165, 1.54) is 38.5 Å². The molecule has 0 aliphatic heterocycles. The van der Waals surface area contributed by atoms with Gasteiger partial charge in [-0.15, -0.1) is 0 Å². The predicted molar refractivity (Wildman–Crippen MR) is 99.0 cm³/mol. The molecule has 5 nitrogen and oxygen atoms in total. The first-order chi connectivity index (χ1) is 12.2. The highest BCUT2D eigenvalue weighted by Gasteiger charge is 2.18. The zero-order valence-corrected chi connectivity index (χ0v) is 14.8. The van der Waals surface area contributed by atoms with Crippen LogP contribution in [0.2, 0.25) is 0 Å². The summed E-state index contributed by atoms with van der Waals surface area (Å²) in [5.41, 5.74) is 0.705. The van der Waals surface area contributed by atoms with Gasteiger partial charge >= 0.3 is 5.63 Å². The maximum Gasteiger partial charge on any atom is 0.349 e. The van der Waals surface area contributed by atoms with Crippen LogP contribution >= 0.6 is 0 Å². The summed E-state index contributed by atoms with van der Waals surface area (Å²) in [6, 6.07) is 7.82. The van der Waals surface area contributed by atoms with Gasteiger partial charge in [0.2, 0.25) is 0 Å². The molecule has 2 aromatic rings. The van der Waals surface area contributed by atoms with Crippen LogP contribution in [-0.2, 0) is 0 Å². The van der Waals surface area contributed by atoms with Crippen molar-refractivity contribution in [1.29, 1.82) is 0 Å². The van der Waals surface area contributed by atoms with E-state index in [-0.39, 0.29) is 11.5 Å². The molecule has 0 atom stereocenters. The molecule has 1 aliphatic carbocycles. The second kappa shape index (κ2) is 8.30. The summed E-state index contributed by atoms with van der Waals surface area (Å²) in [6.07, 6.45) is 7.63. The van der Waals surface area contributed by atoms with Crippen molar-refractivity contribution in [2.24, 2.45) is 0 Å². The summed E-state index contributed by atoms with van der Waals surface area (Å²) in [7, 11) is 0. The van der Waals surface area contributed by atoms with Crippen LogP contribution in [0.25, 0.3) is 11.0 Å². The molecule has 0 unspecified atom stereocenters. The van der Waals surface area contributed by atoms with E-state index in [1.54, 1.807) is 13.0 Å². The molecule has 1 aromatic heterocycles. The van der Waals surface area contributed by atoms with E-state index in [2.05, 4.69) is 10.6 Å². The van der Waals surface area contributed by atoms with Gasteiger partial charge in [-0.1, -0.05) is 43.9 Å². The van der Waals surface area contributed by atoms with Crippen LogP contribution < -0.4 is 16.3 Å². The van der Waals surface area contributed by atoms with Gasteiger partial charge < -0.3 is 15.1 Å². The largest absolute Gasteiger partial charge is 0.422 e. The molecular weight excluding hydrogens is 316 g/mol. The number of fused-ring (bicyclic) bond motifs is 1. The van der Waals surface area contributed by atoms with E-state index in [4.69, 9.17) is 4.42 Å². The van der Waals surface area contributed by atoms with Crippen molar-refractivity contribution in [2.75, 3.05) is 13.1 Å². The van der Waals surface area contributed by atoms with Crippen molar-refractivity contribution in [3.63, 3.8) is 0 Å². The number of carbonyl (C=O) groups excluding carboxylic acids is 1. The number of rotatable bonds is 5. The molecule has 25 heavy (non-hydrogen) atoms. The number of hydrogen-bond donors (Lipinski definition) is 2. The van der Waals surface area contributed by atoms with Gasteiger partial charge in [0.15, 0.2) is 0 Å². The fraction of sp³-hybridized carbons (Fsp3) is 0.500. The lowest BCUT2D eigenvalue weighted by Crippen LogP contribution is -2.38. The van der Waals surface area contributed by atoms with E-state index >= 15 is 0 Å². The Morgan fingerprint density at radius 1 is 1.12 bits per heavy atom. The third-order valence-electron chi connectivity index (χ3n) is 5.00. The van der Waals surface area contributed by atoms with Gasteiger partial charge in [-0.05, 0) is 31.4 Å². The first-order valence-electron chi connectivity index (χ1n) is 9.21. The fourth-order valence-corrected chi connectivity index (χ4v) is 3.59. The van der Waals surface area contributed by atoms with Crippen molar-refractivity contribution in [2.45, 2.75) is 51.5 Å². The number of aryl methyl sites for hydroxylation is 1. The Hall–Kier alpha value is -2.14. The Kier molecular flexibility index (Phi) is 5.87. The van der Waals surface area contributed by atoms with Gasteiger partial charge in [-0.25, -0.2) is 4.79 Å². The molecule has 1 aliphatic rings. The average Bonchev–Trinajstić information content (AvgIpc) is 2.87. The molecule has 1 fully saturated rings. The Morgan fingerprint density at radius 3 is 2.60 bits per heavy atom. The summed E-state index contributed by atoms with van der Waals surface area (Å²) in [4.78, 5) is 24.6. The Balaban J connectivity index is 1.60. The molecule has 0 spiro atoms. The number of nitrogens with one attached hydrogen (secondary N) is 2. The molecule has 0 bridgehead atoms. The van der Waals surface area contributed by atoms with Crippen molar-refractivity contribution in [3.05, 3.63) is 45.8 Å². The summed E-state index contributed by atoms with van der Waals surface area (Å²) in [5.74, 6) is -0.361. The molecule has 1 aromatic carbocycles. The average molecular weight is 342 g/mol. The van der Waals surface area contributed by atoms with Gasteiger partial charge in [0.05, 0.1) is 0 Å². The zero-order valence-electron chi connectivity index (χ0n) is 14.8. The SMILES string of the molecule is Cc1c(C(=O)NCCNC2CCCCCC2)c(=O)oc2ccccc12. The summed E-state index contributed by atoms with van der Waals surface area (Å²) in [5, 5.41) is 7.15. The van der Waals surface area contributed by atoms with E-state index in [9.17, 15) is 9.59 Å². The standard InChI is InChI=1S/C20H26N2O3/c1-14-16-10-6-7-11-17(16)25-20(24)18(14)19(23)22-13-12-21-15-8-4-2-3-5-9-15/h6-7,10-11,15,21H,2-5,8-9,12-13H2,1H3,(H,22,23). The number of carbonyl (C=O) groups is 1. The molecular formula is C20H26N2O3. The van der Waals surface area contributed by atoms with Crippen LogP contribution in [0, 0.1) is 6.92 Å². The summed E-state index contributed by atoms with van der Waals surface area (Å²) in [6.45, 7) is 3.01. The normalized spacial score (nSPS) is 15.9. The lowest BCUT2D eigenvalue weighted by Gasteiger charge is -2.16. The van der Waals surface area contributed by atoms with Gasteiger partial charge in [0, 0.05) is 24.5 Å². The van der Waals surface area contributed by atoms with Crippen LogP contribution in [0.4, 0.5) is 0 Å². The fourth-order valence-electron chi connectivity index (χ4n) is 3.59. The van der Waals surface area contributed by atoms with Gasteiger partial charge in [-0.3, -0.25) is 4.79 Å². The summed E-state index contributed by atoms with van der Waals surface area (Å²) < 4.78 is 5.28. The monoisotopic (exact) mass is 342 g/mol. The third kappa shape index (κ3) is 4.28. The van der Waals surface area contributed by atoms with Crippen LogP contribution in [-0.4, -0.2) is 25.0 Å². The van der Waals surface area contributed by atoms with Crippen molar-refractivity contribution >= 4 is 16.9 Å². The second-order valence-electron chi connectivity index (χ2n) is 6.78. The minimum absolute atomic E-state index is 0.105. The molecule has 0 saturated heterocycles. The van der Waals surface area contributed by atoms with E-state index in [0.717, 1.165) is 5.39 Å². The second-order valence-corrected chi connectivity index (χ2v) is 6.78. The Bertz CT molecular complexity index is 789. The molecule has 1 heterocycles. The number of amides is 1. The zero-order chi connectivity index (χ0) is 17.6. The maximum absolute atomic E-state index is 12.4. The lowest BCUT2D eigenvalue weighted by molar-refractivity contribution is 0.0949. The molecule has 3 rings (SSSR count). The molecule has 1 saturated carbocycles. The molecule has 0 radical (unpaired) electrons. The van der Waals surface area contributed by atoms with Gasteiger partial charge in [0.1, 0.15) is 11.1 Å². The number of para-hydroxylation sites is 1. The van der Waals surface area contributed by atoms with E-state index in [0.29, 0.717) is 30.3 Å². The Morgan fingerprint density at radius 2 is 1.84 bits per heavy atom. The van der Waals surface area contributed by atoms with Gasteiger partial charge in [0.25, 0.3) is 5.91 Å². The highest BCUT2D eigenvalue weighted by Crippen LogP contribution is 2.19. The maximum atomic E-state index is 12.4. The number of benzene rings is 1. The van der Waals surface area contributed by atoms with Gasteiger partial charge in [-0.2, -0.15) is 0 Å².